The van der Waals surface area contributed by atoms with Gasteiger partial charge in [0.2, 0.25) is 0 Å². The molecule has 0 amide bonds. The minimum Gasteiger partial charge on any atom is -0.388 e. The molecule has 0 bridgehead atoms. The fourth-order valence-corrected chi connectivity index (χ4v) is 1.06. The molecule has 0 spiro atoms. The van der Waals surface area contributed by atoms with Crippen LogP contribution in [0.5, 0.6) is 0 Å². The first-order valence-corrected chi connectivity index (χ1v) is 4.95. The van der Waals surface area contributed by atoms with Gasteiger partial charge in [-0.2, -0.15) is 0 Å². The summed E-state index contributed by atoms with van der Waals surface area (Å²) in [5.74, 6) is -0.337. The molecule has 0 aromatic heterocycles. The van der Waals surface area contributed by atoms with Gasteiger partial charge >= 0.3 is 5.97 Å². The van der Waals surface area contributed by atoms with E-state index in [0.29, 0.717) is 0 Å². The first kappa shape index (κ1) is 9.86. The van der Waals surface area contributed by atoms with Crippen LogP contribution in [0.1, 0.15) is 5.56 Å². The molecule has 68 valence electrons. The summed E-state index contributed by atoms with van der Waals surface area (Å²) in [4.78, 5) is 10.9. The number of carbonyl (C=O) groups excluding carboxylic acids is 1. The lowest BCUT2D eigenvalue weighted by Gasteiger charge is -1.92. The van der Waals surface area contributed by atoms with Crippen LogP contribution in [-0.4, -0.2) is 12.2 Å². The summed E-state index contributed by atoms with van der Waals surface area (Å²) in [6.45, 7) is 0. The molecule has 0 unspecified atom stereocenters. The summed E-state index contributed by atoms with van der Waals surface area (Å²) >= 11 is 1.04. The summed E-state index contributed by atoms with van der Waals surface area (Å²) in [6.07, 6.45) is 4.83. The van der Waals surface area contributed by atoms with Gasteiger partial charge in [-0.15, -0.1) is 0 Å². The van der Waals surface area contributed by atoms with Crippen molar-refractivity contribution < 1.29 is 8.98 Å². The standard InChI is InChI=1S/C10H10O2S/c1-13-12-10(11)8-7-9-5-3-2-4-6-9/h2-8H,1H3. The van der Waals surface area contributed by atoms with Crippen LogP contribution in [0.3, 0.4) is 0 Å². The molecular formula is C10H10O2S. The maximum absolute atomic E-state index is 10.9. The molecule has 0 saturated carbocycles. The van der Waals surface area contributed by atoms with E-state index in [4.69, 9.17) is 0 Å². The Balaban J connectivity index is 2.54. The highest BCUT2D eigenvalue weighted by molar-refractivity contribution is 7.94. The third-order valence-electron chi connectivity index (χ3n) is 1.38. The molecule has 0 heterocycles. The highest BCUT2D eigenvalue weighted by atomic mass is 32.2. The van der Waals surface area contributed by atoms with Gasteiger partial charge in [0, 0.05) is 12.3 Å². The highest BCUT2D eigenvalue weighted by Crippen LogP contribution is 2.02. The van der Waals surface area contributed by atoms with Crippen molar-refractivity contribution in [3.8, 4) is 0 Å². The van der Waals surface area contributed by atoms with Crippen LogP contribution in [0.4, 0.5) is 0 Å². The summed E-state index contributed by atoms with van der Waals surface area (Å²) in [6, 6.07) is 9.60. The number of hydrogen-bond acceptors (Lipinski definition) is 3. The average Bonchev–Trinajstić information content (AvgIpc) is 2.17. The lowest BCUT2D eigenvalue weighted by Crippen LogP contribution is -1.91. The van der Waals surface area contributed by atoms with Crippen LogP contribution in [0.25, 0.3) is 6.08 Å². The van der Waals surface area contributed by atoms with E-state index < -0.39 is 0 Å². The Labute approximate surface area is 81.8 Å². The molecule has 0 aliphatic heterocycles. The minimum atomic E-state index is -0.337. The molecule has 1 rings (SSSR count). The second kappa shape index (κ2) is 5.43. The molecule has 3 heteroatoms. The van der Waals surface area contributed by atoms with Crippen molar-refractivity contribution >= 4 is 24.1 Å². The van der Waals surface area contributed by atoms with Gasteiger partial charge in [0.25, 0.3) is 0 Å². The Morgan fingerprint density at radius 2 is 2.08 bits per heavy atom. The van der Waals surface area contributed by atoms with E-state index >= 15 is 0 Å². The van der Waals surface area contributed by atoms with E-state index in [9.17, 15) is 4.79 Å². The Bertz CT molecular complexity index is 293. The monoisotopic (exact) mass is 194 g/mol. The van der Waals surface area contributed by atoms with Crippen molar-refractivity contribution in [1.29, 1.82) is 0 Å². The molecule has 13 heavy (non-hydrogen) atoms. The first-order chi connectivity index (χ1) is 6.33. The fraction of sp³-hybridized carbons (Fsp3) is 0.100. The molecular weight excluding hydrogens is 184 g/mol. The lowest BCUT2D eigenvalue weighted by molar-refractivity contribution is -0.127. The molecule has 0 N–H and O–H groups in total. The Morgan fingerprint density at radius 3 is 2.69 bits per heavy atom. The molecule has 2 nitrogen and oxygen atoms in total. The lowest BCUT2D eigenvalue weighted by atomic mass is 10.2. The fourth-order valence-electron chi connectivity index (χ4n) is 0.838. The first-order valence-electron chi connectivity index (χ1n) is 3.80. The number of hydrogen-bond donors (Lipinski definition) is 0. The Kier molecular flexibility index (Phi) is 4.12. The topological polar surface area (TPSA) is 26.3 Å². The van der Waals surface area contributed by atoms with Crippen LogP contribution in [0.15, 0.2) is 36.4 Å². The quantitative estimate of drug-likeness (QED) is 0.546. The molecule has 0 atom stereocenters. The van der Waals surface area contributed by atoms with Crippen molar-refractivity contribution in [2.24, 2.45) is 0 Å². The van der Waals surface area contributed by atoms with E-state index in [0.717, 1.165) is 17.6 Å². The Morgan fingerprint density at radius 1 is 1.38 bits per heavy atom. The van der Waals surface area contributed by atoms with Crippen molar-refractivity contribution in [3.63, 3.8) is 0 Å². The predicted molar refractivity (Wildman–Crippen MR) is 55.1 cm³/mol. The normalized spacial score (nSPS) is 10.2. The van der Waals surface area contributed by atoms with E-state index in [1.165, 1.54) is 6.08 Å². The molecule has 1 aromatic carbocycles. The molecule has 0 saturated heterocycles. The second-order valence-corrected chi connectivity index (χ2v) is 2.81. The zero-order valence-corrected chi connectivity index (χ0v) is 8.08. The van der Waals surface area contributed by atoms with Gasteiger partial charge in [-0.25, -0.2) is 4.79 Å². The predicted octanol–water partition coefficient (Wildman–Crippen LogP) is 2.52. The number of rotatable bonds is 3. The molecule has 1 aromatic rings. The molecule has 0 fully saturated rings. The van der Waals surface area contributed by atoms with Gasteiger partial charge in [-0.1, -0.05) is 30.3 Å². The summed E-state index contributed by atoms with van der Waals surface area (Å²) in [7, 11) is 0. The number of carbonyl (C=O) groups is 1. The molecule has 0 aliphatic rings. The van der Waals surface area contributed by atoms with Crippen LogP contribution in [0.2, 0.25) is 0 Å². The van der Waals surface area contributed by atoms with E-state index in [1.807, 2.05) is 30.3 Å². The van der Waals surface area contributed by atoms with Crippen molar-refractivity contribution in [3.05, 3.63) is 42.0 Å². The largest absolute Gasteiger partial charge is 0.388 e. The van der Waals surface area contributed by atoms with Crippen molar-refractivity contribution in [2.45, 2.75) is 0 Å². The summed E-state index contributed by atoms with van der Waals surface area (Å²) < 4.78 is 4.65. The maximum atomic E-state index is 10.9. The van der Waals surface area contributed by atoms with Crippen LogP contribution in [-0.2, 0) is 8.98 Å². The SMILES string of the molecule is CSOC(=O)C=Cc1ccccc1. The van der Waals surface area contributed by atoms with Crippen molar-refractivity contribution in [1.82, 2.24) is 0 Å². The minimum absolute atomic E-state index is 0.337. The third kappa shape index (κ3) is 3.80. The zero-order chi connectivity index (χ0) is 9.52. The van der Waals surface area contributed by atoms with E-state index in [1.54, 1.807) is 12.3 Å². The maximum Gasteiger partial charge on any atom is 0.342 e. The zero-order valence-electron chi connectivity index (χ0n) is 7.27. The highest BCUT2D eigenvalue weighted by Gasteiger charge is 1.93. The average molecular weight is 194 g/mol. The van der Waals surface area contributed by atoms with Crippen LogP contribution < -0.4 is 0 Å². The third-order valence-corrected chi connectivity index (χ3v) is 1.71. The summed E-state index contributed by atoms with van der Waals surface area (Å²) in [5, 5.41) is 0. The van der Waals surface area contributed by atoms with Crippen LogP contribution >= 0.6 is 12.0 Å². The summed E-state index contributed by atoms with van der Waals surface area (Å²) in [5.41, 5.74) is 0.987. The molecule has 0 aliphatic carbocycles. The van der Waals surface area contributed by atoms with Crippen molar-refractivity contribution in [2.75, 3.05) is 6.26 Å². The van der Waals surface area contributed by atoms with Crippen LogP contribution in [0, 0.1) is 0 Å². The van der Waals surface area contributed by atoms with Gasteiger partial charge in [0.15, 0.2) is 0 Å². The van der Waals surface area contributed by atoms with Gasteiger partial charge in [-0.3, -0.25) is 0 Å². The van der Waals surface area contributed by atoms with Gasteiger partial charge in [0.1, 0.15) is 0 Å². The van der Waals surface area contributed by atoms with E-state index in [-0.39, 0.29) is 5.97 Å². The smallest absolute Gasteiger partial charge is 0.342 e. The van der Waals surface area contributed by atoms with E-state index in [2.05, 4.69) is 4.18 Å². The van der Waals surface area contributed by atoms with Gasteiger partial charge < -0.3 is 4.18 Å². The molecule has 0 radical (unpaired) electrons. The second-order valence-electron chi connectivity index (χ2n) is 2.31. The Hall–Kier alpha value is -1.22. The van der Waals surface area contributed by atoms with Gasteiger partial charge in [0.05, 0.1) is 12.0 Å². The van der Waals surface area contributed by atoms with Gasteiger partial charge in [-0.05, 0) is 11.6 Å². The number of benzene rings is 1.